The van der Waals surface area contributed by atoms with Gasteiger partial charge in [-0.3, -0.25) is 0 Å². The van der Waals surface area contributed by atoms with Gasteiger partial charge in [-0.05, 0) is 98.2 Å². The Morgan fingerprint density at radius 3 is 2.83 bits per heavy atom. The summed E-state index contributed by atoms with van der Waals surface area (Å²) in [5, 5.41) is 28.8. The molecule has 29 heavy (non-hydrogen) atoms. The van der Waals surface area contributed by atoms with Crippen LogP contribution in [0.3, 0.4) is 0 Å². The van der Waals surface area contributed by atoms with Gasteiger partial charge in [0.1, 0.15) is 5.75 Å². The smallest absolute Gasteiger partial charge is 0.166 e. The first-order valence-electron chi connectivity index (χ1n) is 11.4. The highest BCUT2D eigenvalue weighted by Crippen LogP contribution is 2.64. The molecule has 0 heterocycles. The number of unbranched alkanes of at least 4 members (excludes halogenated alkanes) is 1. The Morgan fingerprint density at radius 2 is 2.03 bits per heavy atom. The predicted molar refractivity (Wildman–Crippen MR) is 121 cm³/mol. The van der Waals surface area contributed by atoms with E-state index in [-0.39, 0.29) is 5.41 Å². The molecule has 3 aliphatic rings. The predicted octanol–water partition coefficient (Wildman–Crippen LogP) is 4.24. The van der Waals surface area contributed by atoms with Crippen LogP contribution in [0.15, 0.2) is 18.2 Å². The molecule has 160 valence electrons. The highest BCUT2D eigenvalue weighted by Gasteiger charge is 2.61. The fourth-order valence-corrected chi connectivity index (χ4v) is 6.81. The van der Waals surface area contributed by atoms with Crippen molar-refractivity contribution >= 4 is 17.3 Å². The number of aryl methyl sites for hydroxylation is 1. The second-order valence-corrected chi connectivity index (χ2v) is 10.2. The van der Waals surface area contributed by atoms with E-state index in [4.69, 9.17) is 12.2 Å². The van der Waals surface area contributed by atoms with Crippen molar-refractivity contribution in [3.8, 4) is 5.75 Å². The number of phenolic OH excluding ortho intramolecular Hbond substituents is 1. The van der Waals surface area contributed by atoms with Crippen LogP contribution in [0.1, 0.15) is 75.8 Å². The van der Waals surface area contributed by atoms with Crippen molar-refractivity contribution in [1.29, 1.82) is 0 Å². The minimum atomic E-state index is -0.700. The van der Waals surface area contributed by atoms with Gasteiger partial charge in [0.05, 0.1) is 5.60 Å². The van der Waals surface area contributed by atoms with Crippen molar-refractivity contribution in [2.45, 2.75) is 76.7 Å². The molecule has 0 amide bonds. The lowest BCUT2D eigenvalue weighted by Gasteiger charge is -2.53. The van der Waals surface area contributed by atoms with Crippen LogP contribution in [0.4, 0.5) is 0 Å². The third-order valence-electron chi connectivity index (χ3n) is 8.39. The molecule has 3 aliphatic carbocycles. The Bertz CT molecular complexity index is 769. The van der Waals surface area contributed by atoms with Crippen molar-refractivity contribution in [3.05, 3.63) is 29.3 Å². The van der Waals surface area contributed by atoms with Gasteiger partial charge in [-0.25, -0.2) is 0 Å². The molecule has 0 bridgehead atoms. The molecule has 0 saturated heterocycles. The van der Waals surface area contributed by atoms with E-state index in [0.717, 1.165) is 51.5 Å². The molecule has 0 aliphatic heterocycles. The number of nitrogens with one attached hydrogen (secondary N) is 2. The minimum Gasteiger partial charge on any atom is -0.508 e. The van der Waals surface area contributed by atoms with Crippen LogP contribution < -0.4 is 10.6 Å². The standard InChI is InChI=1S/C24H36N2O2S/c1-3-4-13-25-22(29)26-15-24(28)12-10-21-20-7-5-16-14-17(27)6-8-18(16)19(20)9-11-23(21,24)2/h6,8,14,19-21,27-28H,3-5,7,9-13,15H2,1-2H3,(H2,25,26,29)/t19-,20-,21+,23+,24-/m1/s1. The zero-order chi connectivity index (χ0) is 20.6. The van der Waals surface area contributed by atoms with Crippen LogP contribution in [0, 0.1) is 17.3 Å². The Morgan fingerprint density at radius 1 is 1.21 bits per heavy atom. The van der Waals surface area contributed by atoms with Crippen molar-refractivity contribution in [3.63, 3.8) is 0 Å². The van der Waals surface area contributed by atoms with Crippen molar-refractivity contribution in [2.24, 2.45) is 17.3 Å². The molecular weight excluding hydrogens is 380 g/mol. The van der Waals surface area contributed by atoms with Gasteiger partial charge in [0, 0.05) is 18.5 Å². The van der Waals surface area contributed by atoms with Gasteiger partial charge in [0.15, 0.2) is 5.11 Å². The molecule has 4 rings (SSSR count). The van der Waals surface area contributed by atoms with Crippen molar-refractivity contribution < 1.29 is 10.2 Å². The largest absolute Gasteiger partial charge is 0.508 e. The highest BCUT2D eigenvalue weighted by molar-refractivity contribution is 7.80. The molecular formula is C24H36N2O2S. The molecule has 5 atom stereocenters. The van der Waals surface area contributed by atoms with E-state index in [1.165, 1.54) is 17.5 Å². The van der Waals surface area contributed by atoms with E-state index in [9.17, 15) is 10.2 Å². The van der Waals surface area contributed by atoms with Gasteiger partial charge >= 0.3 is 0 Å². The summed E-state index contributed by atoms with van der Waals surface area (Å²) in [5.74, 6) is 2.14. The number of thiocarbonyl (C=S) groups is 1. The summed E-state index contributed by atoms with van der Waals surface area (Å²) < 4.78 is 0. The maximum atomic E-state index is 11.7. The van der Waals surface area contributed by atoms with Gasteiger partial charge in [-0.15, -0.1) is 0 Å². The molecule has 2 saturated carbocycles. The summed E-state index contributed by atoms with van der Waals surface area (Å²) in [6, 6.07) is 5.95. The fraction of sp³-hybridized carbons (Fsp3) is 0.708. The van der Waals surface area contributed by atoms with Gasteiger partial charge < -0.3 is 20.8 Å². The number of hydrogen-bond donors (Lipinski definition) is 4. The van der Waals surface area contributed by atoms with Gasteiger partial charge in [0.2, 0.25) is 0 Å². The Labute approximate surface area is 180 Å². The second kappa shape index (κ2) is 8.07. The lowest BCUT2D eigenvalue weighted by atomic mass is 9.53. The molecule has 4 N–H and O–H groups in total. The number of aromatic hydroxyl groups is 1. The summed E-state index contributed by atoms with van der Waals surface area (Å²) in [4.78, 5) is 0. The van der Waals surface area contributed by atoms with E-state index < -0.39 is 5.60 Å². The normalized spacial score (nSPS) is 35.3. The lowest BCUT2D eigenvalue weighted by molar-refractivity contribution is -0.0983. The third-order valence-corrected chi connectivity index (χ3v) is 8.68. The quantitative estimate of drug-likeness (QED) is 0.427. The van der Waals surface area contributed by atoms with Crippen LogP contribution in [-0.4, -0.2) is 34.0 Å². The number of aliphatic hydroxyl groups is 1. The average molecular weight is 417 g/mol. The summed E-state index contributed by atoms with van der Waals surface area (Å²) in [6.07, 6.45) is 8.58. The number of hydrogen-bond acceptors (Lipinski definition) is 3. The van der Waals surface area contributed by atoms with E-state index in [1.807, 2.05) is 12.1 Å². The third kappa shape index (κ3) is 3.65. The summed E-state index contributed by atoms with van der Waals surface area (Å²) >= 11 is 5.43. The van der Waals surface area contributed by atoms with Crippen LogP contribution in [0.5, 0.6) is 5.75 Å². The fourth-order valence-electron chi connectivity index (χ4n) is 6.64. The first-order valence-corrected chi connectivity index (χ1v) is 11.8. The molecule has 5 heteroatoms. The van der Waals surface area contributed by atoms with E-state index in [2.05, 4.69) is 30.5 Å². The van der Waals surface area contributed by atoms with Crippen molar-refractivity contribution in [2.75, 3.05) is 13.1 Å². The van der Waals surface area contributed by atoms with Crippen molar-refractivity contribution in [1.82, 2.24) is 10.6 Å². The molecule has 1 aromatic rings. The molecule has 0 unspecified atom stereocenters. The molecule has 0 aromatic heterocycles. The van der Waals surface area contributed by atoms with Gasteiger partial charge in [0.25, 0.3) is 0 Å². The topological polar surface area (TPSA) is 64.5 Å². The Balaban J connectivity index is 1.46. The maximum Gasteiger partial charge on any atom is 0.166 e. The first-order chi connectivity index (χ1) is 13.9. The van der Waals surface area contributed by atoms with Gasteiger partial charge in [-0.2, -0.15) is 0 Å². The highest BCUT2D eigenvalue weighted by atomic mass is 32.1. The first kappa shape index (κ1) is 20.9. The molecule has 0 spiro atoms. The number of phenols is 1. The second-order valence-electron chi connectivity index (χ2n) is 9.79. The summed E-state index contributed by atoms with van der Waals surface area (Å²) in [5.41, 5.74) is 2.01. The van der Waals surface area contributed by atoms with Crippen LogP contribution in [-0.2, 0) is 6.42 Å². The average Bonchev–Trinajstić information content (AvgIpc) is 2.97. The maximum absolute atomic E-state index is 11.7. The number of benzene rings is 1. The van der Waals surface area contributed by atoms with E-state index in [0.29, 0.717) is 35.2 Å². The van der Waals surface area contributed by atoms with Gasteiger partial charge in [-0.1, -0.05) is 26.3 Å². The number of rotatable bonds is 5. The van der Waals surface area contributed by atoms with E-state index >= 15 is 0 Å². The SMILES string of the molecule is CCCCNC(=S)NC[C@]1(O)CC[C@H]2[C@@H]3CCc4cc(O)ccc4[C@H]3CC[C@@]21C. The zero-order valence-electron chi connectivity index (χ0n) is 17.8. The minimum absolute atomic E-state index is 0.0609. The Hall–Kier alpha value is -1.33. The lowest BCUT2D eigenvalue weighted by Crippen LogP contribution is -2.56. The van der Waals surface area contributed by atoms with Crippen LogP contribution in [0.25, 0.3) is 0 Å². The summed E-state index contributed by atoms with van der Waals surface area (Å²) in [6.45, 7) is 5.92. The zero-order valence-corrected chi connectivity index (χ0v) is 18.7. The van der Waals surface area contributed by atoms with E-state index in [1.54, 1.807) is 0 Å². The molecule has 1 aromatic carbocycles. The molecule has 4 nitrogen and oxygen atoms in total. The number of fused-ring (bicyclic) bond motifs is 5. The molecule has 0 radical (unpaired) electrons. The molecule has 2 fully saturated rings. The summed E-state index contributed by atoms with van der Waals surface area (Å²) in [7, 11) is 0. The Kier molecular flexibility index (Phi) is 5.82. The van der Waals surface area contributed by atoms with Crippen LogP contribution >= 0.6 is 12.2 Å². The monoisotopic (exact) mass is 416 g/mol. The van der Waals surface area contributed by atoms with Crippen LogP contribution in [0.2, 0.25) is 0 Å².